The molecule has 5 nitrogen and oxygen atoms in total. The first-order valence-corrected chi connectivity index (χ1v) is 7.82. The lowest BCUT2D eigenvalue weighted by molar-refractivity contribution is -0.138. The molecule has 2 aromatic rings. The van der Waals surface area contributed by atoms with Crippen molar-refractivity contribution in [1.82, 2.24) is 14.8 Å². The van der Waals surface area contributed by atoms with Crippen LogP contribution < -0.4 is 0 Å². The van der Waals surface area contributed by atoms with Gasteiger partial charge in [-0.15, -0.1) is 0 Å². The Morgan fingerprint density at radius 3 is 2.64 bits per heavy atom. The quantitative estimate of drug-likeness (QED) is 0.585. The molecule has 0 bridgehead atoms. The number of pyridine rings is 1. The maximum absolute atomic E-state index is 12.6. The third-order valence-electron chi connectivity index (χ3n) is 3.31. The minimum atomic E-state index is -4.43. The van der Waals surface area contributed by atoms with Gasteiger partial charge < -0.3 is 4.74 Å². The molecule has 0 fully saturated rings. The van der Waals surface area contributed by atoms with Crippen LogP contribution in [0.5, 0.6) is 0 Å². The van der Waals surface area contributed by atoms with Crippen molar-refractivity contribution in [3.8, 4) is 5.82 Å². The summed E-state index contributed by atoms with van der Waals surface area (Å²) in [7, 11) is 0. The molecule has 0 aliphatic rings. The van der Waals surface area contributed by atoms with Gasteiger partial charge in [0.15, 0.2) is 5.82 Å². The summed E-state index contributed by atoms with van der Waals surface area (Å²) in [4.78, 5) is 15.3. The molecule has 2 rings (SSSR count). The molecule has 0 aromatic carbocycles. The molecule has 0 N–H and O–H groups in total. The van der Waals surface area contributed by atoms with Gasteiger partial charge in [-0.1, -0.05) is 13.3 Å². The zero-order chi connectivity index (χ0) is 18.4. The predicted octanol–water partition coefficient (Wildman–Crippen LogP) is 3.81. The lowest BCUT2D eigenvalue weighted by Crippen LogP contribution is -2.07. The van der Waals surface area contributed by atoms with Crippen LogP contribution in [0.1, 0.15) is 37.1 Å². The van der Waals surface area contributed by atoms with Gasteiger partial charge in [0.25, 0.3) is 0 Å². The summed E-state index contributed by atoms with van der Waals surface area (Å²) in [5, 5.41) is 4.36. The van der Waals surface area contributed by atoms with Crippen molar-refractivity contribution < 1.29 is 22.7 Å². The van der Waals surface area contributed by atoms with E-state index in [1.54, 1.807) is 19.2 Å². The molecular formula is C17H18F3N3O2. The second-order valence-corrected chi connectivity index (χ2v) is 5.21. The number of ether oxygens (including phenoxy) is 1. The second-order valence-electron chi connectivity index (χ2n) is 5.21. The number of rotatable bonds is 6. The molecule has 0 amide bonds. The number of carbonyl (C=O) groups is 1. The van der Waals surface area contributed by atoms with Crippen molar-refractivity contribution in [1.29, 1.82) is 0 Å². The van der Waals surface area contributed by atoms with E-state index >= 15 is 0 Å². The number of esters is 1. The average molecular weight is 353 g/mol. The first-order chi connectivity index (χ1) is 11.8. The van der Waals surface area contributed by atoms with Gasteiger partial charge in [-0.3, -0.25) is 0 Å². The normalized spacial score (nSPS) is 11.9. The van der Waals surface area contributed by atoms with E-state index in [1.165, 1.54) is 16.8 Å². The number of nitrogens with zero attached hydrogens (tertiary/aromatic N) is 3. The fourth-order valence-electron chi connectivity index (χ4n) is 2.15. The van der Waals surface area contributed by atoms with Gasteiger partial charge in [0.1, 0.15) is 0 Å². The summed E-state index contributed by atoms with van der Waals surface area (Å²) in [6, 6.07) is 2.21. The summed E-state index contributed by atoms with van der Waals surface area (Å²) in [6.07, 6.45) is 2.33. The molecule has 134 valence electrons. The molecule has 0 radical (unpaired) electrons. The van der Waals surface area contributed by atoms with Crippen LogP contribution in [0.2, 0.25) is 0 Å². The molecule has 0 spiro atoms. The number of halogens is 3. The third kappa shape index (κ3) is 4.91. The monoisotopic (exact) mass is 353 g/mol. The zero-order valence-corrected chi connectivity index (χ0v) is 13.9. The highest BCUT2D eigenvalue weighted by molar-refractivity contribution is 5.87. The first kappa shape index (κ1) is 18.7. The van der Waals surface area contributed by atoms with E-state index in [2.05, 4.69) is 10.1 Å². The molecule has 0 atom stereocenters. The molecule has 8 heteroatoms. The number of hydrogen-bond acceptors (Lipinski definition) is 4. The Kier molecular flexibility index (Phi) is 5.95. The largest absolute Gasteiger partial charge is 0.463 e. The Balaban J connectivity index is 2.30. The van der Waals surface area contributed by atoms with Crippen LogP contribution in [0.25, 0.3) is 11.9 Å². The maximum atomic E-state index is 12.6. The molecular weight excluding hydrogens is 335 g/mol. The van der Waals surface area contributed by atoms with Crippen LogP contribution in [0.15, 0.2) is 30.6 Å². The van der Waals surface area contributed by atoms with Crippen LogP contribution in [-0.2, 0) is 22.1 Å². The highest BCUT2D eigenvalue weighted by Crippen LogP contribution is 2.28. The first-order valence-electron chi connectivity index (χ1n) is 7.82. The Bertz CT molecular complexity index is 749. The van der Waals surface area contributed by atoms with Crippen LogP contribution in [0, 0.1) is 0 Å². The van der Waals surface area contributed by atoms with E-state index in [0.29, 0.717) is 12.0 Å². The summed E-state index contributed by atoms with van der Waals surface area (Å²) >= 11 is 0. The SMILES string of the molecule is CCCc1nn(-c2ccc(C(F)(F)F)cn2)cc1C=CC(=O)OCC. The molecule has 0 aliphatic carbocycles. The highest BCUT2D eigenvalue weighted by Gasteiger charge is 2.30. The number of hydrogen-bond donors (Lipinski definition) is 0. The summed E-state index contributed by atoms with van der Waals surface area (Å²) < 4.78 is 44.1. The van der Waals surface area contributed by atoms with Crippen molar-refractivity contribution in [2.24, 2.45) is 0 Å². The molecule has 0 saturated carbocycles. The number of alkyl halides is 3. The zero-order valence-electron chi connectivity index (χ0n) is 13.9. The van der Waals surface area contributed by atoms with E-state index in [9.17, 15) is 18.0 Å². The van der Waals surface area contributed by atoms with E-state index in [1.807, 2.05) is 6.92 Å². The van der Waals surface area contributed by atoms with Gasteiger partial charge in [-0.2, -0.15) is 18.3 Å². The van der Waals surface area contributed by atoms with E-state index in [4.69, 9.17) is 4.74 Å². The van der Waals surface area contributed by atoms with E-state index < -0.39 is 17.7 Å². The van der Waals surface area contributed by atoms with Crippen molar-refractivity contribution in [2.75, 3.05) is 6.61 Å². The molecule has 25 heavy (non-hydrogen) atoms. The van der Waals surface area contributed by atoms with Crippen LogP contribution in [0.3, 0.4) is 0 Å². The van der Waals surface area contributed by atoms with Crippen LogP contribution in [-0.4, -0.2) is 27.3 Å². The maximum Gasteiger partial charge on any atom is 0.417 e. The molecule has 2 aromatic heterocycles. The minimum Gasteiger partial charge on any atom is -0.463 e. The van der Waals surface area contributed by atoms with Gasteiger partial charge in [-0.05, 0) is 31.6 Å². The number of carbonyl (C=O) groups excluding carboxylic acids is 1. The minimum absolute atomic E-state index is 0.265. The second kappa shape index (κ2) is 7.96. The fourth-order valence-corrected chi connectivity index (χ4v) is 2.15. The van der Waals surface area contributed by atoms with Crippen LogP contribution in [0.4, 0.5) is 13.2 Å². The lowest BCUT2D eigenvalue weighted by atomic mass is 10.1. The Hall–Kier alpha value is -2.64. The van der Waals surface area contributed by atoms with Crippen molar-refractivity contribution in [3.05, 3.63) is 47.4 Å². The van der Waals surface area contributed by atoms with Crippen molar-refractivity contribution >= 4 is 12.0 Å². The topological polar surface area (TPSA) is 57.0 Å². The number of aryl methyl sites for hydroxylation is 1. The Morgan fingerprint density at radius 2 is 2.08 bits per heavy atom. The smallest absolute Gasteiger partial charge is 0.417 e. The standard InChI is InChI=1S/C17H18F3N3O2/c1-3-5-14-12(6-9-16(24)25-4-2)11-23(22-14)15-8-7-13(10-21-15)17(18,19)20/h6-11H,3-5H2,1-2H3. The van der Waals surface area contributed by atoms with Gasteiger partial charge in [0.05, 0.1) is 17.9 Å². The number of aromatic nitrogens is 3. The highest BCUT2D eigenvalue weighted by atomic mass is 19.4. The van der Waals surface area contributed by atoms with Crippen molar-refractivity contribution in [2.45, 2.75) is 32.9 Å². The molecule has 2 heterocycles. The van der Waals surface area contributed by atoms with E-state index in [0.717, 1.165) is 24.4 Å². The predicted molar refractivity (Wildman–Crippen MR) is 86.0 cm³/mol. The van der Waals surface area contributed by atoms with Gasteiger partial charge in [-0.25, -0.2) is 14.5 Å². The molecule has 0 saturated heterocycles. The van der Waals surface area contributed by atoms with Gasteiger partial charge >= 0.3 is 12.1 Å². The summed E-state index contributed by atoms with van der Waals surface area (Å²) in [5.74, 6) is -0.202. The fraction of sp³-hybridized carbons (Fsp3) is 0.353. The molecule has 0 unspecified atom stereocenters. The van der Waals surface area contributed by atoms with Gasteiger partial charge in [0.2, 0.25) is 0 Å². The average Bonchev–Trinajstić information content (AvgIpc) is 2.96. The summed E-state index contributed by atoms with van der Waals surface area (Å²) in [6.45, 7) is 3.97. The third-order valence-corrected chi connectivity index (χ3v) is 3.31. The van der Waals surface area contributed by atoms with Crippen molar-refractivity contribution in [3.63, 3.8) is 0 Å². The lowest BCUT2D eigenvalue weighted by Gasteiger charge is -2.06. The molecule has 0 aliphatic heterocycles. The van der Waals surface area contributed by atoms with Crippen LogP contribution >= 0.6 is 0 Å². The Morgan fingerprint density at radius 1 is 1.32 bits per heavy atom. The summed E-state index contributed by atoms with van der Waals surface area (Å²) in [5.41, 5.74) is 0.598. The van der Waals surface area contributed by atoms with E-state index in [-0.39, 0.29) is 12.4 Å². The Labute approximate surface area is 143 Å². The van der Waals surface area contributed by atoms with Gasteiger partial charge in [0, 0.05) is 24.0 Å².